The molecular weight excluding hydrogens is 338 g/mol. The number of hydrogen-bond acceptors (Lipinski definition) is 5. The summed E-state index contributed by atoms with van der Waals surface area (Å²) in [7, 11) is 0. The van der Waals surface area contributed by atoms with Gasteiger partial charge in [-0.3, -0.25) is 14.2 Å². The molecule has 0 spiro atoms. The molecule has 6 nitrogen and oxygen atoms in total. The number of aromatic nitrogens is 1. The predicted molar refractivity (Wildman–Crippen MR) is 101 cm³/mol. The van der Waals surface area contributed by atoms with Gasteiger partial charge < -0.3 is 16.6 Å². The topological polar surface area (TPSA) is 111 Å². The standard InChI is InChI=1S/C18H19N3O3S/c1-7-5-6-11(22)9(3)14(7)21-16(19)13(17(20)23)12-8(2)10(4)25-15(12)18(21)24/h5-6,22H,19H2,1-4H3,(H2,20,23). The lowest BCUT2D eigenvalue weighted by Gasteiger charge is -2.18. The van der Waals surface area contributed by atoms with Gasteiger partial charge in [-0.05, 0) is 44.9 Å². The van der Waals surface area contributed by atoms with E-state index < -0.39 is 5.91 Å². The molecule has 1 aromatic carbocycles. The molecule has 1 amide bonds. The van der Waals surface area contributed by atoms with E-state index in [1.54, 1.807) is 19.1 Å². The highest BCUT2D eigenvalue weighted by atomic mass is 32.1. The van der Waals surface area contributed by atoms with Gasteiger partial charge in [-0.1, -0.05) is 6.07 Å². The van der Waals surface area contributed by atoms with Crippen molar-refractivity contribution >= 4 is 33.1 Å². The van der Waals surface area contributed by atoms with E-state index in [0.717, 1.165) is 16.0 Å². The molecule has 0 radical (unpaired) electrons. The first-order chi connectivity index (χ1) is 11.7. The Kier molecular flexibility index (Phi) is 3.84. The number of rotatable bonds is 2. The van der Waals surface area contributed by atoms with Crippen molar-refractivity contribution in [3.05, 3.63) is 49.6 Å². The Bertz CT molecular complexity index is 1110. The summed E-state index contributed by atoms with van der Waals surface area (Å²) in [5, 5.41) is 10.6. The third kappa shape index (κ3) is 2.31. The minimum Gasteiger partial charge on any atom is -0.508 e. The summed E-state index contributed by atoms with van der Waals surface area (Å²) in [6.07, 6.45) is 0. The van der Waals surface area contributed by atoms with Crippen molar-refractivity contribution in [3.63, 3.8) is 0 Å². The van der Waals surface area contributed by atoms with Crippen molar-refractivity contribution in [2.45, 2.75) is 27.7 Å². The molecule has 0 atom stereocenters. The molecule has 5 N–H and O–H groups in total. The summed E-state index contributed by atoms with van der Waals surface area (Å²) in [6.45, 7) is 7.24. The van der Waals surface area contributed by atoms with E-state index in [2.05, 4.69) is 0 Å². The van der Waals surface area contributed by atoms with Crippen molar-refractivity contribution in [2.24, 2.45) is 5.73 Å². The first-order valence-corrected chi connectivity index (χ1v) is 8.52. The van der Waals surface area contributed by atoms with Gasteiger partial charge in [0.15, 0.2) is 0 Å². The van der Waals surface area contributed by atoms with Crippen LogP contribution in [0.3, 0.4) is 0 Å². The summed E-state index contributed by atoms with van der Waals surface area (Å²) in [6, 6.07) is 3.25. The first kappa shape index (κ1) is 17.0. The number of phenols is 1. The van der Waals surface area contributed by atoms with Gasteiger partial charge in [0.2, 0.25) is 0 Å². The van der Waals surface area contributed by atoms with Gasteiger partial charge in [0, 0.05) is 15.8 Å². The highest BCUT2D eigenvalue weighted by Crippen LogP contribution is 2.35. The fourth-order valence-corrected chi connectivity index (χ4v) is 4.27. The van der Waals surface area contributed by atoms with Gasteiger partial charge in [0.25, 0.3) is 11.5 Å². The van der Waals surface area contributed by atoms with E-state index in [0.29, 0.717) is 21.3 Å². The number of pyridine rings is 1. The summed E-state index contributed by atoms with van der Waals surface area (Å²) in [5.41, 5.74) is 14.2. The van der Waals surface area contributed by atoms with E-state index >= 15 is 0 Å². The van der Waals surface area contributed by atoms with Crippen LogP contribution in [0, 0.1) is 27.7 Å². The molecule has 0 unspecified atom stereocenters. The largest absolute Gasteiger partial charge is 0.508 e. The second-order valence-corrected chi connectivity index (χ2v) is 7.35. The van der Waals surface area contributed by atoms with Crippen LogP contribution in [0.15, 0.2) is 16.9 Å². The highest BCUT2D eigenvalue weighted by Gasteiger charge is 2.25. The fourth-order valence-electron chi connectivity index (χ4n) is 3.17. The number of anilines is 1. The second-order valence-electron chi connectivity index (χ2n) is 6.13. The third-order valence-corrected chi connectivity index (χ3v) is 5.80. The molecule has 0 aliphatic heterocycles. The number of carbonyl (C=O) groups excluding carboxylic acids is 1. The van der Waals surface area contributed by atoms with Gasteiger partial charge >= 0.3 is 0 Å². The van der Waals surface area contributed by atoms with Crippen LogP contribution in [0.25, 0.3) is 15.8 Å². The summed E-state index contributed by atoms with van der Waals surface area (Å²) >= 11 is 1.31. The Labute approximate surface area is 148 Å². The Morgan fingerprint density at radius 1 is 1.16 bits per heavy atom. The van der Waals surface area contributed by atoms with Crippen molar-refractivity contribution in [3.8, 4) is 11.4 Å². The van der Waals surface area contributed by atoms with Crippen LogP contribution in [0.4, 0.5) is 5.82 Å². The van der Waals surface area contributed by atoms with Crippen LogP contribution < -0.4 is 17.0 Å². The van der Waals surface area contributed by atoms with Gasteiger partial charge in [0.1, 0.15) is 16.3 Å². The minimum absolute atomic E-state index is 0.0114. The van der Waals surface area contributed by atoms with Crippen LogP contribution in [0.1, 0.15) is 31.9 Å². The van der Waals surface area contributed by atoms with Crippen LogP contribution in [0.5, 0.6) is 5.75 Å². The number of benzene rings is 1. The number of aryl methyl sites for hydroxylation is 3. The maximum Gasteiger partial charge on any atom is 0.274 e. The van der Waals surface area contributed by atoms with E-state index in [1.807, 2.05) is 20.8 Å². The third-order valence-electron chi connectivity index (χ3n) is 4.60. The number of nitrogens with zero attached hydrogens (tertiary/aromatic N) is 1. The Morgan fingerprint density at radius 2 is 1.80 bits per heavy atom. The molecule has 2 aromatic heterocycles. The molecule has 0 bridgehead atoms. The van der Waals surface area contributed by atoms with Gasteiger partial charge in [0.05, 0.1) is 11.3 Å². The van der Waals surface area contributed by atoms with Crippen LogP contribution >= 0.6 is 11.3 Å². The quantitative estimate of drug-likeness (QED) is 0.654. The normalized spacial score (nSPS) is 11.2. The lowest BCUT2D eigenvalue weighted by molar-refractivity contribution is 0.100. The molecule has 0 aliphatic carbocycles. The smallest absolute Gasteiger partial charge is 0.274 e. The average Bonchev–Trinajstić information content (AvgIpc) is 2.83. The van der Waals surface area contributed by atoms with Crippen molar-refractivity contribution < 1.29 is 9.90 Å². The molecule has 3 aromatic rings. The number of aromatic hydroxyl groups is 1. The highest BCUT2D eigenvalue weighted by molar-refractivity contribution is 7.19. The Morgan fingerprint density at radius 3 is 2.40 bits per heavy atom. The van der Waals surface area contributed by atoms with Crippen molar-refractivity contribution in [1.29, 1.82) is 0 Å². The molecule has 3 rings (SSSR count). The number of hydrogen-bond donors (Lipinski definition) is 3. The van der Waals surface area contributed by atoms with Crippen LogP contribution in [-0.4, -0.2) is 15.6 Å². The SMILES string of the molecule is Cc1ccc(O)c(C)c1-n1c(N)c(C(N)=O)c2c(C)c(C)sc2c1=O. The van der Waals surface area contributed by atoms with E-state index in [9.17, 15) is 14.7 Å². The maximum absolute atomic E-state index is 13.2. The zero-order valence-corrected chi connectivity index (χ0v) is 15.2. The molecule has 7 heteroatoms. The lowest BCUT2D eigenvalue weighted by Crippen LogP contribution is -2.27. The predicted octanol–water partition coefficient (Wildman–Crippen LogP) is 2.67. The Hall–Kier alpha value is -2.80. The number of amides is 1. The molecule has 130 valence electrons. The number of primary amides is 1. The van der Waals surface area contributed by atoms with E-state index in [1.165, 1.54) is 15.9 Å². The van der Waals surface area contributed by atoms with Gasteiger partial charge in [-0.15, -0.1) is 11.3 Å². The van der Waals surface area contributed by atoms with Crippen LogP contribution in [0.2, 0.25) is 0 Å². The van der Waals surface area contributed by atoms with Crippen molar-refractivity contribution in [1.82, 2.24) is 4.57 Å². The lowest BCUT2D eigenvalue weighted by atomic mass is 10.0. The molecule has 0 saturated carbocycles. The molecule has 25 heavy (non-hydrogen) atoms. The Balaban J connectivity index is 2.62. The van der Waals surface area contributed by atoms with Crippen molar-refractivity contribution in [2.75, 3.05) is 5.73 Å². The zero-order chi connectivity index (χ0) is 18.6. The number of nitrogens with two attached hydrogens (primary N) is 2. The molecule has 0 fully saturated rings. The van der Waals surface area contributed by atoms with E-state index in [-0.39, 0.29) is 22.7 Å². The summed E-state index contributed by atoms with van der Waals surface area (Å²) < 4.78 is 1.71. The number of nitrogen functional groups attached to an aromatic ring is 1. The summed E-state index contributed by atoms with van der Waals surface area (Å²) in [5.74, 6) is -0.651. The second kappa shape index (κ2) is 5.63. The minimum atomic E-state index is -0.687. The number of phenolic OH excluding ortho intramolecular Hbond substituents is 1. The number of fused-ring (bicyclic) bond motifs is 1. The monoisotopic (exact) mass is 357 g/mol. The molecular formula is C18H19N3O3S. The molecule has 0 saturated heterocycles. The van der Waals surface area contributed by atoms with Gasteiger partial charge in [-0.25, -0.2) is 0 Å². The first-order valence-electron chi connectivity index (χ1n) is 7.70. The number of thiophene rings is 1. The maximum atomic E-state index is 13.2. The zero-order valence-electron chi connectivity index (χ0n) is 14.4. The van der Waals surface area contributed by atoms with E-state index in [4.69, 9.17) is 11.5 Å². The number of carbonyl (C=O) groups is 1. The van der Waals surface area contributed by atoms with Crippen LogP contribution in [-0.2, 0) is 0 Å². The average molecular weight is 357 g/mol. The molecule has 2 heterocycles. The molecule has 0 aliphatic rings. The van der Waals surface area contributed by atoms with Gasteiger partial charge in [-0.2, -0.15) is 0 Å². The summed E-state index contributed by atoms with van der Waals surface area (Å²) in [4.78, 5) is 26.2. The fraction of sp³-hybridized carbons (Fsp3) is 0.222.